The highest BCUT2D eigenvalue weighted by Crippen LogP contribution is 2.32. The first-order chi connectivity index (χ1) is 12.9. The molecule has 0 aromatic heterocycles. The molecule has 6 nitrogen and oxygen atoms in total. The van der Waals surface area contributed by atoms with Crippen LogP contribution in [0.5, 0.6) is 5.75 Å². The minimum Gasteiger partial charge on any atom is -0.379 e. The number of sulfonamides is 1. The predicted molar refractivity (Wildman–Crippen MR) is 95.8 cm³/mol. The number of hydrogen-bond donors (Lipinski definition) is 0. The van der Waals surface area contributed by atoms with E-state index in [0.717, 1.165) is 42.5 Å². The summed E-state index contributed by atoms with van der Waals surface area (Å²) in [5.74, 6) is -0.505. The fourth-order valence-corrected chi connectivity index (χ4v) is 4.77. The summed E-state index contributed by atoms with van der Waals surface area (Å²) in [6.45, 7) is 3.83. The number of benzene rings is 2. The Morgan fingerprint density at radius 3 is 1.93 bits per heavy atom. The van der Waals surface area contributed by atoms with Crippen molar-refractivity contribution in [3.8, 4) is 5.75 Å². The topological polar surface area (TPSA) is 80.8 Å². The summed E-state index contributed by atoms with van der Waals surface area (Å²) in [5.41, 5.74) is -1.05. The highest BCUT2D eigenvalue weighted by Gasteiger charge is 2.31. The van der Waals surface area contributed by atoms with Gasteiger partial charge in [0.1, 0.15) is 10.6 Å². The van der Waals surface area contributed by atoms with Crippen molar-refractivity contribution >= 4 is 20.1 Å². The fraction of sp³-hybridized carbons (Fsp3) is 0.294. The average Bonchev–Trinajstić information content (AvgIpc) is 2.62. The third-order valence-corrected chi connectivity index (χ3v) is 7.15. The van der Waals surface area contributed by atoms with Crippen molar-refractivity contribution in [2.45, 2.75) is 29.8 Å². The molecule has 0 fully saturated rings. The quantitative estimate of drug-likeness (QED) is 0.620. The van der Waals surface area contributed by atoms with Crippen molar-refractivity contribution in [2.75, 3.05) is 13.1 Å². The third kappa shape index (κ3) is 4.83. The van der Waals surface area contributed by atoms with Crippen molar-refractivity contribution in [3.05, 3.63) is 54.1 Å². The van der Waals surface area contributed by atoms with Gasteiger partial charge in [-0.15, -0.1) is 0 Å². The molecule has 154 valence electrons. The largest absolute Gasteiger partial charge is 0.416 e. The zero-order chi connectivity index (χ0) is 21.2. The molecule has 0 heterocycles. The van der Waals surface area contributed by atoms with Crippen LogP contribution in [0.1, 0.15) is 19.4 Å². The summed E-state index contributed by atoms with van der Waals surface area (Å²) >= 11 is 0. The van der Waals surface area contributed by atoms with Crippen LogP contribution < -0.4 is 4.18 Å². The molecular weight excluding hydrogens is 419 g/mol. The Labute approximate surface area is 161 Å². The molecule has 28 heavy (non-hydrogen) atoms. The Hall–Kier alpha value is -2.11. The number of nitrogens with zero attached hydrogens (tertiary/aromatic N) is 1. The van der Waals surface area contributed by atoms with Gasteiger partial charge in [-0.05, 0) is 42.5 Å². The second-order valence-electron chi connectivity index (χ2n) is 5.62. The lowest BCUT2D eigenvalue weighted by molar-refractivity contribution is -0.137. The van der Waals surface area contributed by atoms with Crippen molar-refractivity contribution in [1.82, 2.24) is 4.31 Å². The Bertz CT molecular complexity index is 1030. The van der Waals surface area contributed by atoms with Crippen LogP contribution in [0.2, 0.25) is 0 Å². The normalized spacial score (nSPS) is 12.9. The van der Waals surface area contributed by atoms with Crippen LogP contribution in [0.4, 0.5) is 13.2 Å². The van der Waals surface area contributed by atoms with E-state index in [1.807, 2.05) is 0 Å². The summed E-state index contributed by atoms with van der Waals surface area (Å²) in [6.07, 6.45) is -4.65. The fourth-order valence-electron chi connectivity index (χ4n) is 2.39. The summed E-state index contributed by atoms with van der Waals surface area (Å²) in [4.78, 5) is -0.488. The molecule has 0 radical (unpaired) electrons. The number of alkyl halides is 3. The first kappa shape index (κ1) is 22.2. The maximum atomic E-state index is 12.7. The van der Waals surface area contributed by atoms with Gasteiger partial charge in [0.2, 0.25) is 10.0 Å². The van der Waals surface area contributed by atoms with Gasteiger partial charge in [-0.25, -0.2) is 8.42 Å². The smallest absolute Gasteiger partial charge is 0.379 e. The molecule has 0 saturated carbocycles. The van der Waals surface area contributed by atoms with E-state index in [4.69, 9.17) is 4.18 Å². The van der Waals surface area contributed by atoms with Crippen LogP contribution in [0, 0.1) is 0 Å². The third-order valence-electron chi connectivity index (χ3n) is 3.82. The van der Waals surface area contributed by atoms with Crippen molar-refractivity contribution < 1.29 is 34.2 Å². The van der Waals surface area contributed by atoms with Gasteiger partial charge < -0.3 is 4.18 Å². The van der Waals surface area contributed by atoms with Crippen molar-refractivity contribution in [2.24, 2.45) is 0 Å². The van der Waals surface area contributed by atoms with Gasteiger partial charge in [-0.1, -0.05) is 19.9 Å². The Balaban J connectivity index is 2.31. The second-order valence-corrected chi connectivity index (χ2v) is 9.11. The Morgan fingerprint density at radius 1 is 0.893 bits per heavy atom. The molecule has 0 spiro atoms. The number of halogens is 3. The van der Waals surface area contributed by atoms with Crippen LogP contribution in [-0.4, -0.2) is 34.2 Å². The van der Waals surface area contributed by atoms with E-state index >= 15 is 0 Å². The Morgan fingerprint density at radius 2 is 1.43 bits per heavy atom. The monoisotopic (exact) mass is 437 g/mol. The van der Waals surface area contributed by atoms with E-state index in [0.29, 0.717) is 6.07 Å². The summed E-state index contributed by atoms with van der Waals surface area (Å²) in [7, 11) is -8.22. The lowest BCUT2D eigenvalue weighted by Crippen LogP contribution is -2.30. The molecule has 0 saturated heterocycles. The lowest BCUT2D eigenvalue weighted by atomic mass is 10.2. The van der Waals surface area contributed by atoms with Crippen molar-refractivity contribution in [3.63, 3.8) is 0 Å². The molecule has 0 bridgehead atoms. The van der Waals surface area contributed by atoms with Crippen LogP contribution in [-0.2, 0) is 26.3 Å². The SMILES string of the molecule is CCN(CC)S(=O)(=O)c1ccc(S(=O)(=O)Oc2cccc(C(F)(F)F)c2)cc1. The zero-order valence-electron chi connectivity index (χ0n) is 15.0. The van der Waals surface area contributed by atoms with E-state index in [1.54, 1.807) is 13.8 Å². The van der Waals surface area contributed by atoms with E-state index < -0.39 is 37.6 Å². The molecule has 0 aliphatic carbocycles. The van der Waals surface area contributed by atoms with Gasteiger partial charge in [0.15, 0.2) is 0 Å². The molecule has 0 unspecified atom stereocenters. The maximum absolute atomic E-state index is 12.7. The van der Waals surface area contributed by atoms with Crippen LogP contribution in [0.15, 0.2) is 58.3 Å². The highest BCUT2D eigenvalue weighted by atomic mass is 32.2. The molecule has 0 aliphatic heterocycles. The molecule has 2 rings (SSSR count). The van der Waals surface area contributed by atoms with Gasteiger partial charge >= 0.3 is 16.3 Å². The van der Waals surface area contributed by atoms with Gasteiger partial charge in [0.05, 0.1) is 10.5 Å². The van der Waals surface area contributed by atoms with Gasteiger partial charge in [-0.2, -0.15) is 25.9 Å². The number of rotatable bonds is 7. The standard InChI is InChI=1S/C17H18F3NO5S2/c1-3-21(4-2)27(22,23)15-8-10-16(11-9-15)28(24,25)26-14-7-5-6-13(12-14)17(18,19)20/h5-12H,3-4H2,1-2H3. The molecule has 2 aromatic carbocycles. The highest BCUT2D eigenvalue weighted by molar-refractivity contribution is 7.89. The second kappa shape index (κ2) is 8.10. The molecule has 0 N–H and O–H groups in total. The Kier molecular flexibility index (Phi) is 6.41. The molecule has 2 aromatic rings. The summed E-state index contributed by atoms with van der Waals surface area (Å²) in [6, 6.07) is 7.72. The minimum atomic E-state index is -4.65. The van der Waals surface area contributed by atoms with Crippen molar-refractivity contribution in [1.29, 1.82) is 0 Å². The van der Waals surface area contributed by atoms with Gasteiger partial charge in [-0.3, -0.25) is 0 Å². The zero-order valence-corrected chi connectivity index (χ0v) is 16.6. The molecular formula is C17H18F3NO5S2. The van der Waals surface area contributed by atoms with Crippen LogP contribution >= 0.6 is 0 Å². The van der Waals surface area contributed by atoms with E-state index in [2.05, 4.69) is 0 Å². The van der Waals surface area contributed by atoms with E-state index in [9.17, 15) is 30.0 Å². The summed E-state index contributed by atoms with van der Waals surface area (Å²) in [5, 5.41) is 0. The van der Waals surface area contributed by atoms with Gasteiger partial charge in [0.25, 0.3) is 0 Å². The number of hydrogen-bond acceptors (Lipinski definition) is 5. The predicted octanol–water partition coefficient (Wildman–Crippen LogP) is 3.50. The minimum absolute atomic E-state index is 0.103. The average molecular weight is 437 g/mol. The first-order valence-corrected chi connectivity index (χ1v) is 11.0. The van der Waals surface area contributed by atoms with Crippen LogP contribution in [0.25, 0.3) is 0 Å². The van der Waals surface area contributed by atoms with E-state index in [1.165, 1.54) is 4.31 Å². The van der Waals surface area contributed by atoms with Crippen LogP contribution in [0.3, 0.4) is 0 Å². The molecule has 0 atom stereocenters. The maximum Gasteiger partial charge on any atom is 0.416 e. The summed E-state index contributed by atoms with van der Waals surface area (Å²) < 4.78 is 93.6. The lowest BCUT2D eigenvalue weighted by Gasteiger charge is -2.18. The molecule has 0 amide bonds. The van der Waals surface area contributed by atoms with E-state index in [-0.39, 0.29) is 22.9 Å². The molecule has 11 heteroatoms. The van der Waals surface area contributed by atoms with Gasteiger partial charge in [0, 0.05) is 13.1 Å². The first-order valence-electron chi connectivity index (χ1n) is 8.13. The molecule has 0 aliphatic rings.